The van der Waals surface area contributed by atoms with Crippen molar-refractivity contribution in [2.24, 2.45) is 18.4 Å². The number of hydrogen-bond donors (Lipinski definition) is 1. The van der Waals surface area contributed by atoms with Gasteiger partial charge in [0.2, 0.25) is 0 Å². The minimum Gasteiger partial charge on any atom is -0.370 e. The van der Waals surface area contributed by atoms with Crippen LogP contribution < -0.4 is 10.2 Å². The van der Waals surface area contributed by atoms with E-state index in [1.807, 2.05) is 7.05 Å². The number of aromatic nitrogens is 2. The van der Waals surface area contributed by atoms with E-state index in [2.05, 4.69) is 80.9 Å². The van der Waals surface area contributed by atoms with Crippen molar-refractivity contribution in [3.63, 3.8) is 0 Å². The largest absolute Gasteiger partial charge is 0.370 e. The summed E-state index contributed by atoms with van der Waals surface area (Å²) in [4.78, 5) is 17.7. The Kier molecular flexibility index (Phi) is 6.18. The molecule has 1 spiro atoms. The fourth-order valence-corrected chi connectivity index (χ4v) is 5.50. The van der Waals surface area contributed by atoms with E-state index in [4.69, 9.17) is 0 Å². The fourth-order valence-electron chi connectivity index (χ4n) is 5.50. The molecular formula is C27H33N5O. The average Bonchev–Trinajstić information content (AvgIpc) is 3.41. The Morgan fingerprint density at radius 1 is 1.06 bits per heavy atom. The maximum absolute atomic E-state index is 12.6. The summed E-state index contributed by atoms with van der Waals surface area (Å²) in [6.45, 7) is 6.09. The standard InChI is InChI=1S/C27H33N5O/c1-30-17-23(15-29-30)26(33)28-16-24-18-31(14-8-11-22-9-4-2-5-10-22)19-27(24)20-32(21-27)25-12-6-3-7-13-25/h2-7,9-10,12-13,15,17,24H,8,11,14,16,18-21H2,1H3,(H,28,33). The summed E-state index contributed by atoms with van der Waals surface area (Å²) in [5, 5.41) is 7.33. The first-order chi connectivity index (χ1) is 16.1. The van der Waals surface area contributed by atoms with E-state index >= 15 is 0 Å². The van der Waals surface area contributed by atoms with Gasteiger partial charge in [-0.1, -0.05) is 48.5 Å². The van der Waals surface area contributed by atoms with Crippen molar-refractivity contribution in [2.45, 2.75) is 12.8 Å². The molecule has 2 saturated heterocycles. The molecule has 1 aromatic heterocycles. The highest BCUT2D eigenvalue weighted by Crippen LogP contribution is 2.45. The monoisotopic (exact) mass is 443 g/mol. The van der Waals surface area contributed by atoms with E-state index in [0.717, 1.165) is 45.6 Å². The molecule has 2 aromatic carbocycles. The Balaban J connectivity index is 1.21. The molecule has 2 fully saturated rings. The smallest absolute Gasteiger partial charge is 0.254 e. The number of rotatable bonds is 8. The van der Waals surface area contributed by atoms with E-state index in [-0.39, 0.29) is 11.3 Å². The predicted octanol–water partition coefficient (Wildman–Crippen LogP) is 3.22. The maximum Gasteiger partial charge on any atom is 0.254 e. The highest BCUT2D eigenvalue weighted by Gasteiger charge is 2.53. The summed E-state index contributed by atoms with van der Waals surface area (Å²) < 4.78 is 1.67. The molecule has 172 valence electrons. The Hall–Kier alpha value is -3.12. The molecule has 0 aliphatic carbocycles. The maximum atomic E-state index is 12.6. The quantitative estimate of drug-likeness (QED) is 0.581. The van der Waals surface area contributed by atoms with Crippen molar-refractivity contribution >= 4 is 11.6 Å². The Morgan fingerprint density at radius 3 is 2.48 bits per heavy atom. The molecular weight excluding hydrogens is 410 g/mol. The van der Waals surface area contributed by atoms with Gasteiger partial charge in [0.15, 0.2) is 0 Å². The first-order valence-electron chi connectivity index (χ1n) is 11.9. The van der Waals surface area contributed by atoms with Gasteiger partial charge in [-0.2, -0.15) is 5.10 Å². The second-order valence-electron chi connectivity index (χ2n) is 9.69. The molecule has 1 atom stereocenters. The van der Waals surface area contributed by atoms with Crippen LogP contribution in [0.2, 0.25) is 0 Å². The summed E-state index contributed by atoms with van der Waals surface area (Å²) in [7, 11) is 1.84. The number of nitrogens with one attached hydrogen (secondary N) is 1. The molecule has 5 rings (SSSR count). The lowest BCUT2D eigenvalue weighted by Gasteiger charge is -2.52. The summed E-state index contributed by atoms with van der Waals surface area (Å²) in [5.74, 6) is 0.426. The van der Waals surface area contributed by atoms with Crippen LogP contribution in [0.1, 0.15) is 22.3 Å². The highest BCUT2D eigenvalue weighted by atomic mass is 16.1. The Morgan fingerprint density at radius 2 is 1.79 bits per heavy atom. The minimum absolute atomic E-state index is 0.0278. The molecule has 0 saturated carbocycles. The number of hydrogen-bond acceptors (Lipinski definition) is 4. The molecule has 6 heteroatoms. The molecule has 1 unspecified atom stereocenters. The van der Waals surface area contributed by atoms with Crippen molar-refractivity contribution in [3.05, 3.63) is 84.2 Å². The Labute approximate surface area is 196 Å². The molecule has 2 aliphatic heterocycles. The minimum atomic E-state index is -0.0278. The van der Waals surface area contributed by atoms with E-state index in [1.165, 1.54) is 11.3 Å². The number of nitrogens with zero attached hydrogens (tertiary/aromatic N) is 4. The van der Waals surface area contributed by atoms with Crippen LogP contribution in [0.15, 0.2) is 73.1 Å². The van der Waals surface area contributed by atoms with Crippen molar-refractivity contribution in [1.82, 2.24) is 20.0 Å². The van der Waals surface area contributed by atoms with Gasteiger partial charge in [0.05, 0.1) is 11.8 Å². The van der Waals surface area contributed by atoms with E-state index < -0.39 is 0 Å². The van der Waals surface area contributed by atoms with Crippen LogP contribution in [0.4, 0.5) is 5.69 Å². The van der Waals surface area contributed by atoms with Gasteiger partial charge < -0.3 is 15.1 Å². The first kappa shape index (κ1) is 21.7. The number of carbonyl (C=O) groups is 1. The molecule has 1 amide bonds. The van der Waals surface area contributed by atoms with Gasteiger partial charge >= 0.3 is 0 Å². The summed E-state index contributed by atoms with van der Waals surface area (Å²) in [6, 6.07) is 21.4. The van der Waals surface area contributed by atoms with Gasteiger partial charge in [-0.05, 0) is 43.0 Å². The molecule has 2 aliphatic rings. The van der Waals surface area contributed by atoms with E-state index in [9.17, 15) is 4.79 Å². The third-order valence-corrected chi connectivity index (χ3v) is 7.27. The van der Waals surface area contributed by atoms with Gasteiger partial charge in [-0.15, -0.1) is 0 Å². The second-order valence-corrected chi connectivity index (χ2v) is 9.69. The third-order valence-electron chi connectivity index (χ3n) is 7.27. The lowest BCUT2D eigenvalue weighted by molar-refractivity contribution is 0.0923. The zero-order valence-corrected chi connectivity index (χ0v) is 19.4. The summed E-state index contributed by atoms with van der Waals surface area (Å²) in [6.07, 6.45) is 5.69. The van der Waals surface area contributed by atoms with Crippen molar-refractivity contribution in [2.75, 3.05) is 44.2 Å². The van der Waals surface area contributed by atoms with Crippen LogP contribution in [0, 0.1) is 11.3 Å². The fraction of sp³-hybridized carbons (Fsp3) is 0.407. The highest BCUT2D eigenvalue weighted by molar-refractivity contribution is 5.93. The lowest BCUT2D eigenvalue weighted by atomic mass is 9.71. The SMILES string of the molecule is Cn1cc(C(=O)NCC2CN(CCCc3ccccc3)CC23CN(c2ccccc2)C3)cn1. The van der Waals surface area contributed by atoms with Crippen LogP contribution in [-0.2, 0) is 13.5 Å². The number of likely N-dealkylation sites (tertiary alicyclic amines) is 1. The predicted molar refractivity (Wildman–Crippen MR) is 131 cm³/mol. The van der Waals surface area contributed by atoms with Crippen LogP contribution >= 0.6 is 0 Å². The zero-order chi connectivity index (χ0) is 22.7. The van der Waals surface area contributed by atoms with Crippen LogP contribution in [0.25, 0.3) is 0 Å². The van der Waals surface area contributed by atoms with Gasteiger partial charge in [0, 0.05) is 57.1 Å². The first-order valence-corrected chi connectivity index (χ1v) is 11.9. The molecule has 3 heterocycles. The number of aryl methyl sites for hydroxylation is 2. The number of carbonyl (C=O) groups excluding carboxylic acids is 1. The topological polar surface area (TPSA) is 53.4 Å². The van der Waals surface area contributed by atoms with Crippen LogP contribution in [0.5, 0.6) is 0 Å². The molecule has 6 nitrogen and oxygen atoms in total. The van der Waals surface area contributed by atoms with E-state index in [0.29, 0.717) is 18.0 Å². The normalized spacial score (nSPS) is 19.5. The van der Waals surface area contributed by atoms with Gasteiger partial charge in [-0.25, -0.2) is 0 Å². The number of para-hydroxylation sites is 1. The summed E-state index contributed by atoms with van der Waals surface area (Å²) >= 11 is 0. The van der Waals surface area contributed by atoms with Gasteiger partial charge in [-0.3, -0.25) is 9.48 Å². The third kappa shape index (κ3) is 4.81. The molecule has 1 N–H and O–H groups in total. The second kappa shape index (κ2) is 9.40. The molecule has 0 bridgehead atoms. The Bertz CT molecular complexity index is 1060. The van der Waals surface area contributed by atoms with Crippen molar-refractivity contribution in [1.29, 1.82) is 0 Å². The van der Waals surface area contributed by atoms with Gasteiger partial charge in [0.25, 0.3) is 5.91 Å². The zero-order valence-electron chi connectivity index (χ0n) is 19.4. The average molecular weight is 444 g/mol. The molecule has 0 radical (unpaired) electrons. The number of anilines is 1. The van der Waals surface area contributed by atoms with E-state index in [1.54, 1.807) is 17.1 Å². The molecule has 3 aromatic rings. The van der Waals surface area contributed by atoms with Gasteiger partial charge in [0.1, 0.15) is 0 Å². The molecule has 33 heavy (non-hydrogen) atoms. The van der Waals surface area contributed by atoms with Crippen LogP contribution in [0.3, 0.4) is 0 Å². The van der Waals surface area contributed by atoms with Crippen molar-refractivity contribution in [3.8, 4) is 0 Å². The number of amides is 1. The summed E-state index contributed by atoms with van der Waals surface area (Å²) in [5.41, 5.74) is 3.57. The van der Waals surface area contributed by atoms with Crippen LogP contribution in [-0.4, -0.2) is 59.9 Å². The van der Waals surface area contributed by atoms with Crippen molar-refractivity contribution < 1.29 is 4.79 Å². The lowest BCUT2D eigenvalue weighted by Crippen LogP contribution is -2.62. The number of benzene rings is 2.